The Morgan fingerprint density at radius 1 is 1.12 bits per heavy atom. The smallest absolute Gasteiger partial charge is 0.308 e. The quantitative estimate of drug-likeness (QED) is 0.570. The molecule has 0 amide bonds. The highest BCUT2D eigenvalue weighted by molar-refractivity contribution is 7.89. The van der Waals surface area contributed by atoms with Gasteiger partial charge in [-0.1, -0.05) is 36.0 Å². The number of rotatable bonds is 4. The molecule has 1 aliphatic carbocycles. The maximum atomic E-state index is 13.4. The van der Waals surface area contributed by atoms with Crippen molar-refractivity contribution in [3.8, 4) is 5.75 Å². The fourth-order valence-electron chi connectivity index (χ4n) is 5.15. The second-order valence-electron chi connectivity index (χ2n) is 9.22. The fourth-order valence-corrected chi connectivity index (χ4v) is 7.52. The molecule has 1 saturated carbocycles. The van der Waals surface area contributed by atoms with Gasteiger partial charge in [0.2, 0.25) is 10.0 Å². The van der Waals surface area contributed by atoms with Crippen LogP contribution in [-0.4, -0.2) is 18.6 Å². The van der Waals surface area contributed by atoms with Crippen LogP contribution in [0.25, 0.3) is 10.2 Å². The number of nitrogens with one attached hydrogen (secondary N) is 1. The molecular weight excluding hydrogens is 444 g/mol. The molecule has 2 aliphatic rings. The lowest BCUT2D eigenvalue weighted by atomic mass is 9.77. The monoisotopic (exact) mass is 472 g/mol. The number of sulfonamides is 1. The number of thiazole rings is 1. The summed E-state index contributed by atoms with van der Waals surface area (Å²) in [6.07, 6.45) is 5.92. The molecule has 1 spiro atoms. The van der Waals surface area contributed by atoms with Gasteiger partial charge in [-0.05, 0) is 63.8 Å². The Balaban J connectivity index is 1.50. The van der Waals surface area contributed by atoms with E-state index >= 15 is 0 Å². The summed E-state index contributed by atoms with van der Waals surface area (Å²) in [5.74, 6) is 0.774. The summed E-state index contributed by atoms with van der Waals surface area (Å²) in [6.45, 7) is 3.90. The molecule has 1 aliphatic heterocycles. The Kier molecular flexibility index (Phi) is 5.42. The van der Waals surface area contributed by atoms with Crippen LogP contribution in [-0.2, 0) is 10.0 Å². The van der Waals surface area contributed by atoms with E-state index in [-0.39, 0.29) is 27.5 Å². The van der Waals surface area contributed by atoms with E-state index in [4.69, 9.17) is 4.74 Å². The SMILES string of the molecule is CC(C)n1c(=O)sc2cc(S(=O)(=O)NC3CC4(CCCCC4)Oc4ccccc43)ccc21. The average molecular weight is 473 g/mol. The minimum absolute atomic E-state index is 0.0160. The van der Waals surface area contributed by atoms with Gasteiger partial charge in [0.1, 0.15) is 11.4 Å². The normalized spacial score (nSPS) is 20.4. The molecule has 170 valence electrons. The van der Waals surface area contributed by atoms with Gasteiger partial charge in [-0.2, -0.15) is 0 Å². The first kappa shape index (κ1) is 21.7. The summed E-state index contributed by atoms with van der Waals surface area (Å²) < 4.78 is 38.6. The molecule has 0 radical (unpaired) electrons. The van der Waals surface area contributed by atoms with E-state index in [1.165, 1.54) is 6.42 Å². The molecule has 1 fully saturated rings. The molecular formula is C24H28N2O4S2. The van der Waals surface area contributed by atoms with E-state index in [1.807, 2.05) is 38.1 Å². The lowest BCUT2D eigenvalue weighted by Crippen LogP contribution is -2.46. The van der Waals surface area contributed by atoms with E-state index in [0.29, 0.717) is 11.1 Å². The number of hydrogen-bond donors (Lipinski definition) is 1. The Morgan fingerprint density at radius 2 is 1.88 bits per heavy atom. The molecule has 6 nitrogen and oxygen atoms in total. The zero-order valence-corrected chi connectivity index (χ0v) is 20.0. The summed E-state index contributed by atoms with van der Waals surface area (Å²) >= 11 is 1.08. The van der Waals surface area contributed by atoms with Gasteiger partial charge in [0.15, 0.2) is 0 Å². The summed E-state index contributed by atoms with van der Waals surface area (Å²) in [4.78, 5) is 12.5. The topological polar surface area (TPSA) is 77.4 Å². The molecule has 32 heavy (non-hydrogen) atoms. The zero-order chi connectivity index (χ0) is 22.5. The molecule has 8 heteroatoms. The Bertz CT molecular complexity index is 1320. The van der Waals surface area contributed by atoms with Gasteiger partial charge >= 0.3 is 4.87 Å². The van der Waals surface area contributed by atoms with Gasteiger partial charge in [-0.3, -0.25) is 9.36 Å². The molecule has 0 bridgehead atoms. The number of fused-ring (bicyclic) bond motifs is 2. The summed E-state index contributed by atoms with van der Waals surface area (Å²) in [7, 11) is -3.78. The van der Waals surface area contributed by atoms with Gasteiger partial charge < -0.3 is 4.74 Å². The van der Waals surface area contributed by atoms with Crippen LogP contribution in [0, 0.1) is 0 Å². The van der Waals surface area contributed by atoms with Gasteiger partial charge in [0.05, 0.1) is 21.2 Å². The van der Waals surface area contributed by atoms with Crippen molar-refractivity contribution in [2.45, 2.75) is 75.0 Å². The van der Waals surface area contributed by atoms with Crippen LogP contribution in [0.4, 0.5) is 0 Å². The first-order valence-corrected chi connectivity index (χ1v) is 13.5. The van der Waals surface area contributed by atoms with Crippen LogP contribution >= 0.6 is 11.3 Å². The molecule has 1 atom stereocenters. The van der Waals surface area contributed by atoms with Crippen molar-refractivity contribution in [2.24, 2.45) is 0 Å². The molecule has 2 heterocycles. The minimum Gasteiger partial charge on any atom is -0.487 e. The Morgan fingerprint density at radius 3 is 2.62 bits per heavy atom. The standard InChI is InChI=1S/C24H28N2O4S2/c1-16(2)26-20-11-10-17(14-22(20)31-23(26)27)32(28,29)25-19-15-24(12-6-3-7-13-24)30-21-9-5-4-8-18(19)21/h4-5,8-11,14,16,19,25H,3,6-7,12-13,15H2,1-2H3. The van der Waals surface area contributed by atoms with Crippen LogP contribution in [0.2, 0.25) is 0 Å². The van der Waals surface area contributed by atoms with Crippen LogP contribution in [0.15, 0.2) is 52.2 Å². The van der Waals surface area contributed by atoms with Crippen LogP contribution in [0.5, 0.6) is 5.75 Å². The van der Waals surface area contributed by atoms with E-state index in [2.05, 4.69) is 4.72 Å². The van der Waals surface area contributed by atoms with Crippen molar-refractivity contribution in [1.29, 1.82) is 0 Å². The number of hydrogen-bond acceptors (Lipinski definition) is 5. The number of para-hydroxylation sites is 1. The lowest BCUT2D eigenvalue weighted by Gasteiger charge is -2.44. The highest BCUT2D eigenvalue weighted by atomic mass is 32.2. The van der Waals surface area contributed by atoms with Gasteiger partial charge in [-0.15, -0.1) is 0 Å². The number of aromatic nitrogens is 1. The minimum atomic E-state index is -3.78. The number of nitrogens with zero attached hydrogens (tertiary/aromatic N) is 1. The Hall–Kier alpha value is -2.16. The van der Waals surface area contributed by atoms with Crippen LogP contribution < -0.4 is 14.3 Å². The molecule has 1 unspecified atom stereocenters. The van der Waals surface area contributed by atoms with E-state index in [0.717, 1.165) is 53.8 Å². The molecule has 2 aromatic carbocycles. The summed E-state index contributed by atoms with van der Waals surface area (Å²) in [5, 5.41) is 0. The second-order valence-corrected chi connectivity index (χ2v) is 11.9. The van der Waals surface area contributed by atoms with E-state index < -0.39 is 10.0 Å². The van der Waals surface area contributed by atoms with Crippen molar-refractivity contribution in [1.82, 2.24) is 9.29 Å². The van der Waals surface area contributed by atoms with Crippen molar-refractivity contribution in [3.05, 3.63) is 57.7 Å². The highest BCUT2D eigenvalue weighted by Gasteiger charge is 2.43. The fraction of sp³-hybridized carbons (Fsp3) is 0.458. The molecule has 0 saturated heterocycles. The average Bonchev–Trinajstić information content (AvgIpc) is 3.09. The second kappa shape index (κ2) is 8.01. The van der Waals surface area contributed by atoms with Crippen LogP contribution in [0.3, 0.4) is 0 Å². The van der Waals surface area contributed by atoms with Gasteiger partial charge in [0, 0.05) is 18.0 Å². The first-order chi connectivity index (χ1) is 15.3. The van der Waals surface area contributed by atoms with Crippen molar-refractivity contribution < 1.29 is 13.2 Å². The summed E-state index contributed by atoms with van der Waals surface area (Å²) in [5.41, 5.74) is 1.34. The third kappa shape index (κ3) is 3.78. The predicted molar refractivity (Wildman–Crippen MR) is 127 cm³/mol. The van der Waals surface area contributed by atoms with Crippen molar-refractivity contribution in [2.75, 3.05) is 0 Å². The molecule has 1 N–H and O–H groups in total. The third-order valence-corrected chi connectivity index (χ3v) is 9.06. The van der Waals surface area contributed by atoms with Crippen LogP contribution in [0.1, 0.15) is 70.0 Å². The summed E-state index contributed by atoms with van der Waals surface area (Å²) in [6, 6.07) is 12.3. The lowest BCUT2D eigenvalue weighted by molar-refractivity contribution is 0.0000753. The molecule has 1 aromatic heterocycles. The van der Waals surface area contributed by atoms with E-state index in [9.17, 15) is 13.2 Å². The van der Waals surface area contributed by atoms with Crippen molar-refractivity contribution >= 4 is 31.6 Å². The Labute approximate surface area is 192 Å². The van der Waals surface area contributed by atoms with Gasteiger partial charge in [0.25, 0.3) is 0 Å². The zero-order valence-electron chi connectivity index (χ0n) is 18.3. The predicted octanol–water partition coefficient (Wildman–Crippen LogP) is 5.15. The maximum absolute atomic E-state index is 13.4. The van der Waals surface area contributed by atoms with Crippen molar-refractivity contribution in [3.63, 3.8) is 0 Å². The number of benzene rings is 2. The first-order valence-electron chi connectivity index (χ1n) is 11.2. The largest absolute Gasteiger partial charge is 0.487 e. The number of ether oxygens (including phenoxy) is 1. The molecule has 5 rings (SSSR count). The molecule has 3 aromatic rings. The van der Waals surface area contributed by atoms with E-state index in [1.54, 1.807) is 22.8 Å². The maximum Gasteiger partial charge on any atom is 0.308 e. The van der Waals surface area contributed by atoms with Gasteiger partial charge in [-0.25, -0.2) is 13.1 Å². The highest BCUT2D eigenvalue weighted by Crippen LogP contribution is 2.46. The third-order valence-electron chi connectivity index (χ3n) is 6.67.